The number of nitrogens with zero attached hydrogens (tertiary/aromatic N) is 1. The third-order valence-corrected chi connectivity index (χ3v) is 11.2. The molecule has 9 aromatic carbocycles. The minimum Gasteiger partial charge on any atom is -0.310 e. The Morgan fingerprint density at radius 1 is 0.365 bits per heavy atom. The summed E-state index contributed by atoms with van der Waals surface area (Å²) >= 11 is 0. The molecule has 1 aliphatic rings. The highest BCUT2D eigenvalue weighted by Crippen LogP contribution is 2.55. The molecule has 10 rings (SSSR count). The summed E-state index contributed by atoms with van der Waals surface area (Å²) in [4.78, 5) is 2.36. The molecule has 52 heavy (non-hydrogen) atoms. The number of hydrogen-bond acceptors (Lipinski definition) is 1. The molecule has 0 N–H and O–H groups in total. The molecule has 0 unspecified atom stereocenters. The Hall–Kier alpha value is -6.44. The van der Waals surface area contributed by atoms with Crippen molar-refractivity contribution >= 4 is 49.4 Å². The van der Waals surface area contributed by atoms with Gasteiger partial charge in [-0.2, -0.15) is 0 Å². The van der Waals surface area contributed by atoms with E-state index in [0.717, 1.165) is 17.1 Å². The summed E-state index contributed by atoms with van der Waals surface area (Å²) in [6.45, 7) is 4.76. The Bertz CT molecular complexity index is 2800. The van der Waals surface area contributed by atoms with Gasteiger partial charge in [-0.25, -0.2) is 0 Å². The van der Waals surface area contributed by atoms with Crippen LogP contribution in [0.5, 0.6) is 0 Å². The van der Waals surface area contributed by atoms with Crippen LogP contribution in [-0.4, -0.2) is 0 Å². The zero-order valence-corrected chi connectivity index (χ0v) is 29.3. The molecule has 0 atom stereocenters. The van der Waals surface area contributed by atoms with Gasteiger partial charge >= 0.3 is 0 Å². The molecule has 0 bridgehead atoms. The number of benzene rings is 9. The fourth-order valence-electron chi connectivity index (χ4n) is 8.72. The molecule has 1 heteroatoms. The zero-order chi connectivity index (χ0) is 34.8. The van der Waals surface area contributed by atoms with E-state index in [4.69, 9.17) is 0 Å². The monoisotopic (exact) mass is 663 g/mol. The lowest BCUT2D eigenvalue weighted by molar-refractivity contribution is 0.666. The molecule has 9 aromatic rings. The second-order valence-corrected chi connectivity index (χ2v) is 14.6. The van der Waals surface area contributed by atoms with E-state index in [-0.39, 0.29) is 5.41 Å². The average Bonchev–Trinajstić information content (AvgIpc) is 3.45. The third-order valence-electron chi connectivity index (χ3n) is 11.2. The molecule has 0 saturated carbocycles. The Kier molecular flexibility index (Phi) is 6.91. The van der Waals surface area contributed by atoms with Crippen molar-refractivity contribution in [3.05, 3.63) is 199 Å². The van der Waals surface area contributed by atoms with Crippen molar-refractivity contribution in [1.29, 1.82) is 0 Å². The number of fused-ring (bicyclic) bond motifs is 7. The highest BCUT2D eigenvalue weighted by atomic mass is 15.1. The van der Waals surface area contributed by atoms with Crippen molar-refractivity contribution in [2.75, 3.05) is 4.90 Å². The summed E-state index contributed by atoms with van der Waals surface area (Å²) < 4.78 is 0. The minimum atomic E-state index is -0.0821. The minimum absolute atomic E-state index is 0.0821. The van der Waals surface area contributed by atoms with Gasteiger partial charge in [-0.3, -0.25) is 0 Å². The number of anilines is 3. The second-order valence-electron chi connectivity index (χ2n) is 14.6. The van der Waals surface area contributed by atoms with Crippen LogP contribution in [0.3, 0.4) is 0 Å². The van der Waals surface area contributed by atoms with E-state index in [2.05, 4.69) is 207 Å². The largest absolute Gasteiger partial charge is 0.310 e. The second kappa shape index (κ2) is 11.8. The van der Waals surface area contributed by atoms with Crippen LogP contribution in [0.4, 0.5) is 17.1 Å². The Balaban J connectivity index is 1.08. The Labute approximate surface area is 305 Å². The first-order valence-corrected chi connectivity index (χ1v) is 18.2. The Morgan fingerprint density at radius 2 is 0.962 bits per heavy atom. The molecule has 0 amide bonds. The first kappa shape index (κ1) is 30.4. The smallest absolute Gasteiger partial charge is 0.0468 e. The summed E-state index contributed by atoms with van der Waals surface area (Å²) in [6, 6.07) is 69.0. The van der Waals surface area contributed by atoms with E-state index in [0.29, 0.717) is 0 Å². The van der Waals surface area contributed by atoms with Gasteiger partial charge in [0.25, 0.3) is 0 Å². The van der Waals surface area contributed by atoms with Gasteiger partial charge in [-0.05, 0) is 125 Å². The van der Waals surface area contributed by atoms with Gasteiger partial charge in [0, 0.05) is 22.5 Å². The van der Waals surface area contributed by atoms with Crippen LogP contribution in [0.25, 0.3) is 65.7 Å². The molecule has 0 saturated heterocycles. The predicted molar refractivity (Wildman–Crippen MR) is 222 cm³/mol. The summed E-state index contributed by atoms with van der Waals surface area (Å²) in [5.41, 5.74) is 13.9. The van der Waals surface area contributed by atoms with Gasteiger partial charge in [0.2, 0.25) is 0 Å². The lowest BCUT2D eigenvalue weighted by atomic mass is 9.79. The normalized spacial score (nSPS) is 13.0. The zero-order valence-electron chi connectivity index (χ0n) is 29.3. The van der Waals surface area contributed by atoms with Gasteiger partial charge in [0.15, 0.2) is 0 Å². The number of rotatable bonds is 5. The standard InChI is InChI=1S/C51H37N/c1-51(2)48-22-11-10-20-46(48)49-47(33-38-14-7-9-19-45(38)50(49)51)39-24-23-37-32-42(30-27-36(37)31-39)52(40-16-4-3-5-17-40)41-28-25-35(26-29-41)44-21-12-15-34-13-6-8-18-43(34)44/h3-33H,1-2H3. The van der Waals surface area contributed by atoms with E-state index in [9.17, 15) is 0 Å². The van der Waals surface area contributed by atoms with Crippen LogP contribution in [0.1, 0.15) is 25.0 Å². The summed E-state index contributed by atoms with van der Waals surface area (Å²) in [7, 11) is 0. The van der Waals surface area contributed by atoms with Gasteiger partial charge in [0.05, 0.1) is 0 Å². The van der Waals surface area contributed by atoms with E-state index in [1.165, 1.54) is 76.8 Å². The maximum atomic E-state index is 2.40. The van der Waals surface area contributed by atoms with Crippen LogP contribution < -0.4 is 4.90 Å². The van der Waals surface area contributed by atoms with Crippen LogP contribution in [-0.2, 0) is 5.41 Å². The molecule has 0 fully saturated rings. The topological polar surface area (TPSA) is 3.24 Å². The SMILES string of the molecule is CC1(C)c2ccccc2-c2c(-c3ccc4cc(N(c5ccccc5)c5ccc(-c6cccc7ccccc67)cc5)ccc4c3)cc3ccccc3c21. The maximum absolute atomic E-state index is 2.40. The van der Waals surface area contributed by atoms with Crippen molar-refractivity contribution in [2.45, 2.75) is 19.3 Å². The fraction of sp³-hybridized carbons (Fsp3) is 0.0588. The molecule has 1 nitrogen and oxygen atoms in total. The third kappa shape index (κ3) is 4.77. The van der Waals surface area contributed by atoms with Crippen molar-refractivity contribution in [2.24, 2.45) is 0 Å². The highest BCUT2D eigenvalue weighted by Gasteiger charge is 2.38. The molecular weight excluding hydrogens is 627 g/mol. The predicted octanol–water partition coefficient (Wildman–Crippen LogP) is 14.3. The van der Waals surface area contributed by atoms with Gasteiger partial charge in [-0.1, -0.05) is 153 Å². The average molecular weight is 664 g/mol. The van der Waals surface area contributed by atoms with Crippen molar-refractivity contribution in [3.63, 3.8) is 0 Å². The molecule has 0 radical (unpaired) electrons. The summed E-state index contributed by atoms with van der Waals surface area (Å²) in [5, 5.41) is 7.61. The molecule has 0 heterocycles. The number of para-hydroxylation sites is 1. The summed E-state index contributed by atoms with van der Waals surface area (Å²) in [5.74, 6) is 0. The maximum Gasteiger partial charge on any atom is 0.0468 e. The molecule has 0 aliphatic heterocycles. The molecule has 0 spiro atoms. The Morgan fingerprint density at radius 3 is 1.81 bits per heavy atom. The van der Waals surface area contributed by atoms with Gasteiger partial charge in [-0.15, -0.1) is 0 Å². The van der Waals surface area contributed by atoms with E-state index in [1.54, 1.807) is 0 Å². The first-order valence-electron chi connectivity index (χ1n) is 18.2. The molecular formula is C51H37N. The van der Waals surface area contributed by atoms with Crippen molar-refractivity contribution in [3.8, 4) is 33.4 Å². The van der Waals surface area contributed by atoms with E-state index >= 15 is 0 Å². The molecule has 246 valence electrons. The lowest BCUT2D eigenvalue weighted by Crippen LogP contribution is -2.15. The van der Waals surface area contributed by atoms with E-state index < -0.39 is 0 Å². The highest BCUT2D eigenvalue weighted by molar-refractivity contribution is 6.06. The first-order chi connectivity index (χ1) is 25.5. The van der Waals surface area contributed by atoms with Gasteiger partial charge in [0.1, 0.15) is 0 Å². The molecule has 0 aromatic heterocycles. The lowest BCUT2D eigenvalue weighted by Gasteiger charge is -2.26. The number of hydrogen-bond donors (Lipinski definition) is 0. The van der Waals surface area contributed by atoms with Crippen LogP contribution >= 0.6 is 0 Å². The van der Waals surface area contributed by atoms with Crippen molar-refractivity contribution < 1.29 is 0 Å². The molecule has 1 aliphatic carbocycles. The van der Waals surface area contributed by atoms with Crippen LogP contribution in [0.2, 0.25) is 0 Å². The van der Waals surface area contributed by atoms with Gasteiger partial charge < -0.3 is 4.90 Å². The van der Waals surface area contributed by atoms with Crippen LogP contribution in [0.15, 0.2) is 188 Å². The fourth-order valence-corrected chi connectivity index (χ4v) is 8.72. The van der Waals surface area contributed by atoms with Crippen LogP contribution in [0, 0.1) is 0 Å². The summed E-state index contributed by atoms with van der Waals surface area (Å²) in [6.07, 6.45) is 0. The quantitative estimate of drug-likeness (QED) is 0.177. The van der Waals surface area contributed by atoms with E-state index in [1.807, 2.05) is 0 Å². The van der Waals surface area contributed by atoms with Crippen molar-refractivity contribution in [1.82, 2.24) is 0 Å².